The van der Waals surface area contributed by atoms with Gasteiger partial charge in [0.25, 0.3) is 0 Å². The molecule has 0 aromatic heterocycles. The summed E-state index contributed by atoms with van der Waals surface area (Å²) in [5.74, 6) is -0.541. The Morgan fingerprint density at radius 3 is 2.39 bits per heavy atom. The summed E-state index contributed by atoms with van der Waals surface area (Å²) >= 11 is 0. The molecule has 1 aromatic rings. The van der Waals surface area contributed by atoms with E-state index in [9.17, 15) is 5.11 Å². The Morgan fingerprint density at radius 1 is 1.17 bits per heavy atom. The number of aliphatic hydroxyl groups excluding tert-OH is 1. The zero-order valence-electron chi connectivity index (χ0n) is 11.3. The average Bonchev–Trinajstić information content (AvgIpc) is 2.79. The van der Waals surface area contributed by atoms with E-state index in [1.165, 1.54) is 5.56 Å². The quantitative estimate of drug-likeness (QED) is 0.893. The first-order valence-electron chi connectivity index (χ1n) is 6.67. The molecule has 1 aromatic carbocycles. The fraction of sp³-hybridized carbons (Fsp3) is 0.600. The molecule has 0 spiro atoms. The molecule has 3 nitrogen and oxygen atoms in total. The highest BCUT2D eigenvalue weighted by molar-refractivity contribution is 5.29. The first kappa shape index (κ1) is 13.5. The molecule has 100 valence electrons. The Kier molecular flexibility index (Phi) is 4.05. The van der Waals surface area contributed by atoms with Crippen molar-refractivity contribution < 1.29 is 14.6 Å². The zero-order valence-corrected chi connectivity index (χ0v) is 11.3. The molecule has 1 aliphatic rings. The van der Waals surface area contributed by atoms with E-state index >= 15 is 0 Å². The van der Waals surface area contributed by atoms with Crippen LogP contribution in [0.25, 0.3) is 0 Å². The van der Waals surface area contributed by atoms with Gasteiger partial charge >= 0.3 is 0 Å². The van der Waals surface area contributed by atoms with Gasteiger partial charge in [0, 0.05) is 0 Å². The van der Waals surface area contributed by atoms with Crippen LogP contribution in [0.2, 0.25) is 0 Å². The average molecular weight is 250 g/mol. The predicted molar refractivity (Wildman–Crippen MR) is 70.3 cm³/mol. The number of rotatable bonds is 4. The number of aliphatic hydroxyl groups is 1. The van der Waals surface area contributed by atoms with Crippen molar-refractivity contribution in [2.45, 2.75) is 51.6 Å². The Balaban J connectivity index is 2.30. The van der Waals surface area contributed by atoms with Gasteiger partial charge in [-0.3, -0.25) is 0 Å². The van der Waals surface area contributed by atoms with Crippen LogP contribution in [0, 0.1) is 6.92 Å². The molecule has 0 radical (unpaired) electrons. The molecule has 0 unspecified atom stereocenters. The largest absolute Gasteiger partial charge is 0.394 e. The van der Waals surface area contributed by atoms with Gasteiger partial charge in [-0.05, 0) is 30.9 Å². The summed E-state index contributed by atoms with van der Waals surface area (Å²) in [6.45, 7) is 6.15. The van der Waals surface area contributed by atoms with Gasteiger partial charge in [0.05, 0.1) is 6.61 Å². The van der Waals surface area contributed by atoms with Crippen molar-refractivity contribution in [3.63, 3.8) is 0 Å². The summed E-state index contributed by atoms with van der Waals surface area (Å²) < 4.78 is 12.1. The molecule has 3 heteroatoms. The number of hydrogen-bond donors (Lipinski definition) is 1. The van der Waals surface area contributed by atoms with E-state index in [1.807, 2.05) is 18.2 Å². The van der Waals surface area contributed by atoms with E-state index in [1.54, 1.807) is 0 Å². The Morgan fingerprint density at radius 2 is 1.83 bits per heavy atom. The SMILES string of the molecule is CCC1(CC)O[C@H](c2ccccc2C)[C@@H](CO)O1. The molecule has 2 atom stereocenters. The fourth-order valence-electron chi connectivity index (χ4n) is 2.56. The molecule has 1 N–H and O–H groups in total. The second-order valence-corrected chi connectivity index (χ2v) is 4.85. The highest BCUT2D eigenvalue weighted by Gasteiger charge is 2.45. The summed E-state index contributed by atoms with van der Waals surface area (Å²) in [7, 11) is 0. The molecule has 1 aliphatic heterocycles. The normalized spacial score (nSPS) is 26.4. The van der Waals surface area contributed by atoms with E-state index in [0.29, 0.717) is 0 Å². The molecule has 1 fully saturated rings. The lowest BCUT2D eigenvalue weighted by Crippen LogP contribution is -2.29. The van der Waals surface area contributed by atoms with E-state index in [2.05, 4.69) is 26.8 Å². The molecular weight excluding hydrogens is 228 g/mol. The van der Waals surface area contributed by atoms with Crippen LogP contribution >= 0.6 is 0 Å². The lowest BCUT2D eigenvalue weighted by atomic mass is 10.00. The van der Waals surface area contributed by atoms with Gasteiger partial charge in [0.15, 0.2) is 5.79 Å². The van der Waals surface area contributed by atoms with E-state index in [4.69, 9.17) is 9.47 Å². The molecule has 0 aliphatic carbocycles. The van der Waals surface area contributed by atoms with Crippen molar-refractivity contribution in [2.24, 2.45) is 0 Å². The Bertz CT molecular complexity index is 398. The van der Waals surface area contributed by atoms with Crippen molar-refractivity contribution >= 4 is 0 Å². The van der Waals surface area contributed by atoms with Crippen LogP contribution in [-0.2, 0) is 9.47 Å². The van der Waals surface area contributed by atoms with E-state index in [-0.39, 0.29) is 18.8 Å². The topological polar surface area (TPSA) is 38.7 Å². The minimum Gasteiger partial charge on any atom is -0.394 e. The first-order chi connectivity index (χ1) is 8.65. The predicted octanol–water partition coefficient (Wildman–Crippen LogP) is 2.96. The monoisotopic (exact) mass is 250 g/mol. The molecule has 2 rings (SSSR count). The van der Waals surface area contributed by atoms with Crippen LogP contribution in [0.1, 0.15) is 43.9 Å². The van der Waals surface area contributed by atoms with Gasteiger partial charge in [0.2, 0.25) is 0 Å². The number of benzene rings is 1. The smallest absolute Gasteiger partial charge is 0.169 e. The molecule has 0 saturated carbocycles. The minimum atomic E-state index is -0.541. The third-order valence-corrected chi connectivity index (χ3v) is 3.80. The van der Waals surface area contributed by atoms with Crippen molar-refractivity contribution in [1.82, 2.24) is 0 Å². The fourth-order valence-corrected chi connectivity index (χ4v) is 2.56. The molecule has 0 amide bonds. The van der Waals surface area contributed by atoms with Crippen LogP contribution in [0.3, 0.4) is 0 Å². The van der Waals surface area contributed by atoms with Crippen molar-refractivity contribution in [1.29, 1.82) is 0 Å². The Labute approximate surface area is 109 Å². The number of aryl methyl sites for hydroxylation is 1. The van der Waals surface area contributed by atoms with Crippen LogP contribution in [-0.4, -0.2) is 23.6 Å². The van der Waals surface area contributed by atoms with Crippen LogP contribution < -0.4 is 0 Å². The highest BCUT2D eigenvalue weighted by atomic mass is 16.8. The maximum absolute atomic E-state index is 9.51. The summed E-state index contributed by atoms with van der Waals surface area (Å²) in [6.07, 6.45) is 1.15. The van der Waals surface area contributed by atoms with Crippen LogP contribution in [0.15, 0.2) is 24.3 Å². The summed E-state index contributed by atoms with van der Waals surface area (Å²) in [5.41, 5.74) is 2.29. The van der Waals surface area contributed by atoms with Crippen molar-refractivity contribution in [2.75, 3.05) is 6.61 Å². The van der Waals surface area contributed by atoms with Gasteiger partial charge in [0.1, 0.15) is 12.2 Å². The summed E-state index contributed by atoms with van der Waals surface area (Å²) in [6, 6.07) is 8.12. The third kappa shape index (κ3) is 2.30. The van der Waals surface area contributed by atoms with Gasteiger partial charge in [-0.2, -0.15) is 0 Å². The van der Waals surface area contributed by atoms with Crippen LogP contribution in [0.4, 0.5) is 0 Å². The summed E-state index contributed by atoms with van der Waals surface area (Å²) in [5, 5.41) is 9.51. The third-order valence-electron chi connectivity index (χ3n) is 3.80. The van der Waals surface area contributed by atoms with Gasteiger partial charge in [-0.25, -0.2) is 0 Å². The molecule has 1 saturated heterocycles. The standard InChI is InChI=1S/C15H22O3/c1-4-15(5-2)17-13(10-16)14(18-15)12-9-7-6-8-11(12)3/h6-9,13-14,16H,4-5,10H2,1-3H3/t13-,14-/m1/s1. The minimum absolute atomic E-state index is 0.0131. The van der Waals surface area contributed by atoms with E-state index in [0.717, 1.165) is 18.4 Å². The highest BCUT2D eigenvalue weighted by Crippen LogP contribution is 2.42. The second kappa shape index (κ2) is 5.39. The molecule has 18 heavy (non-hydrogen) atoms. The Hall–Kier alpha value is -0.900. The maximum Gasteiger partial charge on any atom is 0.169 e. The second-order valence-electron chi connectivity index (χ2n) is 4.85. The molecule has 0 bridgehead atoms. The number of ether oxygens (including phenoxy) is 2. The van der Waals surface area contributed by atoms with E-state index < -0.39 is 5.79 Å². The van der Waals surface area contributed by atoms with Gasteiger partial charge in [-0.15, -0.1) is 0 Å². The van der Waals surface area contributed by atoms with Gasteiger partial charge < -0.3 is 14.6 Å². The summed E-state index contributed by atoms with van der Waals surface area (Å²) in [4.78, 5) is 0. The number of hydrogen-bond acceptors (Lipinski definition) is 3. The molecule has 1 heterocycles. The maximum atomic E-state index is 9.51. The molecular formula is C15H22O3. The lowest BCUT2D eigenvalue weighted by molar-refractivity contribution is -0.181. The van der Waals surface area contributed by atoms with Crippen molar-refractivity contribution in [3.05, 3.63) is 35.4 Å². The van der Waals surface area contributed by atoms with Gasteiger partial charge in [-0.1, -0.05) is 38.1 Å². The van der Waals surface area contributed by atoms with Crippen molar-refractivity contribution in [3.8, 4) is 0 Å². The van der Waals surface area contributed by atoms with Crippen LogP contribution in [0.5, 0.6) is 0 Å². The lowest BCUT2D eigenvalue weighted by Gasteiger charge is -2.25. The zero-order chi connectivity index (χ0) is 13.2. The first-order valence-corrected chi connectivity index (χ1v) is 6.67.